The van der Waals surface area contributed by atoms with Gasteiger partial charge in [-0.05, 0) is 38.0 Å². The van der Waals surface area contributed by atoms with Crippen LogP contribution >= 0.6 is 0 Å². The topological polar surface area (TPSA) is 57.7 Å². The summed E-state index contributed by atoms with van der Waals surface area (Å²) in [7, 11) is 3.39. The van der Waals surface area contributed by atoms with Crippen molar-refractivity contribution in [1.29, 1.82) is 0 Å². The fraction of sp³-hybridized carbons (Fsp3) is 0.344. The van der Waals surface area contributed by atoms with Crippen LogP contribution in [0.4, 0.5) is 4.39 Å². The highest BCUT2D eigenvalue weighted by molar-refractivity contribution is 6.02. The van der Waals surface area contributed by atoms with Gasteiger partial charge in [0.05, 0.1) is 6.54 Å². The number of likely N-dealkylation sites (N-methyl/N-ethyl adjacent to an activating group) is 1. The fourth-order valence-corrected chi connectivity index (χ4v) is 5.92. The summed E-state index contributed by atoms with van der Waals surface area (Å²) in [5.74, 6) is -2.66. The standard InChI is InChI=1S/C32H35FN2O3/c1-20-25(17-12-18-26(20)33)30-28(31(37)23-13-8-6-9-14-23)21(2)35(19-27(36)34(4)5)22(3)29(30)32(38)24-15-10-7-11-16-24/h6-18,21-22,28-30H,19H2,1-5H3/t21-,22-,28-,29-/m1/s1. The largest absolute Gasteiger partial charge is 0.348 e. The van der Waals surface area contributed by atoms with Crippen LogP contribution in [0.3, 0.4) is 0 Å². The first-order valence-corrected chi connectivity index (χ1v) is 13.0. The first kappa shape index (κ1) is 27.4. The molecule has 1 aliphatic heterocycles. The zero-order chi connectivity index (χ0) is 27.6. The van der Waals surface area contributed by atoms with Crippen LogP contribution in [-0.4, -0.2) is 60.0 Å². The molecule has 0 spiro atoms. The van der Waals surface area contributed by atoms with Crippen LogP contribution in [-0.2, 0) is 4.79 Å². The van der Waals surface area contributed by atoms with Gasteiger partial charge in [-0.2, -0.15) is 0 Å². The number of nitrogens with zero attached hydrogens (tertiary/aromatic N) is 2. The first-order chi connectivity index (χ1) is 18.1. The van der Waals surface area contributed by atoms with E-state index in [9.17, 15) is 18.8 Å². The lowest BCUT2D eigenvalue weighted by Crippen LogP contribution is -2.61. The van der Waals surface area contributed by atoms with E-state index in [4.69, 9.17) is 0 Å². The van der Waals surface area contributed by atoms with E-state index in [1.165, 1.54) is 11.0 Å². The Labute approximate surface area is 224 Å². The molecule has 0 bridgehead atoms. The predicted molar refractivity (Wildman–Crippen MR) is 147 cm³/mol. The maximum atomic E-state index is 14.9. The SMILES string of the molecule is Cc1c(F)cccc1C1[C@H](C(=O)c2ccccc2)[C@@H](C)N(CC(=O)N(C)C)[C@H](C)[C@H]1C(=O)c1ccccc1. The van der Waals surface area contributed by atoms with Gasteiger partial charge >= 0.3 is 0 Å². The van der Waals surface area contributed by atoms with Gasteiger partial charge in [0, 0.05) is 55.1 Å². The maximum Gasteiger partial charge on any atom is 0.236 e. The van der Waals surface area contributed by atoms with Crippen molar-refractivity contribution in [1.82, 2.24) is 9.80 Å². The minimum Gasteiger partial charge on any atom is -0.348 e. The first-order valence-electron chi connectivity index (χ1n) is 13.0. The van der Waals surface area contributed by atoms with Crippen LogP contribution < -0.4 is 0 Å². The summed E-state index contributed by atoms with van der Waals surface area (Å²) in [6.07, 6.45) is 0. The summed E-state index contributed by atoms with van der Waals surface area (Å²) in [6, 6.07) is 22.1. The highest BCUT2D eigenvalue weighted by Crippen LogP contribution is 2.47. The molecule has 1 fully saturated rings. The molecule has 38 heavy (non-hydrogen) atoms. The van der Waals surface area contributed by atoms with Crippen molar-refractivity contribution >= 4 is 17.5 Å². The third-order valence-electron chi connectivity index (χ3n) is 8.07. The molecule has 4 atom stereocenters. The average Bonchev–Trinajstić information content (AvgIpc) is 2.92. The quantitative estimate of drug-likeness (QED) is 0.397. The highest BCUT2D eigenvalue weighted by atomic mass is 19.1. The van der Waals surface area contributed by atoms with Gasteiger partial charge in [-0.1, -0.05) is 72.8 Å². The molecule has 3 aromatic carbocycles. The van der Waals surface area contributed by atoms with E-state index in [1.807, 2.05) is 61.2 Å². The van der Waals surface area contributed by atoms with Crippen molar-refractivity contribution in [3.05, 3.63) is 107 Å². The number of benzene rings is 3. The molecule has 1 saturated heterocycles. The number of amides is 1. The molecule has 3 aromatic rings. The lowest BCUT2D eigenvalue weighted by molar-refractivity contribution is -0.132. The van der Waals surface area contributed by atoms with E-state index in [0.29, 0.717) is 22.3 Å². The number of piperidine rings is 1. The van der Waals surface area contributed by atoms with E-state index in [1.54, 1.807) is 51.4 Å². The van der Waals surface area contributed by atoms with Gasteiger partial charge in [-0.25, -0.2) is 4.39 Å². The number of likely N-dealkylation sites (tertiary alicyclic amines) is 1. The second-order valence-electron chi connectivity index (χ2n) is 10.4. The highest BCUT2D eigenvalue weighted by Gasteiger charge is 2.52. The van der Waals surface area contributed by atoms with Gasteiger partial charge in [0.1, 0.15) is 5.82 Å². The molecular formula is C32H35FN2O3. The second kappa shape index (κ2) is 11.4. The van der Waals surface area contributed by atoms with Crippen LogP contribution in [0, 0.1) is 24.6 Å². The molecule has 198 valence electrons. The molecule has 0 unspecified atom stereocenters. The van der Waals surface area contributed by atoms with Crippen molar-refractivity contribution in [2.75, 3.05) is 20.6 Å². The number of rotatable bonds is 7. The minimum absolute atomic E-state index is 0.0708. The normalized spacial score (nSPS) is 23.6. The van der Waals surface area contributed by atoms with Crippen LogP contribution in [0.1, 0.15) is 51.6 Å². The second-order valence-corrected chi connectivity index (χ2v) is 10.4. The smallest absolute Gasteiger partial charge is 0.236 e. The number of hydrogen-bond donors (Lipinski definition) is 0. The van der Waals surface area contributed by atoms with Crippen molar-refractivity contribution in [3.63, 3.8) is 0 Å². The van der Waals surface area contributed by atoms with Crippen LogP contribution in [0.25, 0.3) is 0 Å². The van der Waals surface area contributed by atoms with E-state index in [2.05, 4.69) is 0 Å². The minimum atomic E-state index is -0.679. The Morgan fingerprint density at radius 3 is 1.68 bits per heavy atom. The van der Waals surface area contributed by atoms with Crippen LogP contribution in [0.15, 0.2) is 78.9 Å². The number of Topliss-reactive ketones (excluding diaryl/α,β-unsaturated/α-hetero) is 2. The molecule has 0 radical (unpaired) electrons. The van der Waals surface area contributed by atoms with Crippen LogP contribution in [0.5, 0.6) is 0 Å². The summed E-state index contributed by atoms with van der Waals surface area (Å²) >= 11 is 0. The van der Waals surface area contributed by atoms with Crippen molar-refractivity contribution in [2.45, 2.75) is 38.8 Å². The number of carbonyl (C=O) groups excluding carboxylic acids is 3. The van der Waals surface area contributed by atoms with Crippen molar-refractivity contribution in [2.24, 2.45) is 11.8 Å². The Bertz CT molecular complexity index is 1240. The Kier molecular flexibility index (Phi) is 8.22. The van der Waals surface area contributed by atoms with Gasteiger partial charge in [0.2, 0.25) is 5.91 Å². The molecule has 1 heterocycles. The molecule has 0 aliphatic carbocycles. The summed E-state index contributed by atoms with van der Waals surface area (Å²) in [5.41, 5.74) is 2.16. The summed E-state index contributed by atoms with van der Waals surface area (Å²) < 4.78 is 14.9. The molecule has 6 heteroatoms. The van der Waals surface area contributed by atoms with Gasteiger partial charge in [-0.15, -0.1) is 0 Å². The molecule has 0 aromatic heterocycles. The molecule has 4 rings (SSSR count). The Morgan fingerprint density at radius 1 is 0.763 bits per heavy atom. The lowest BCUT2D eigenvalue weighted by atomic mass is 9.62. The number of ketones is 2. The average molecular weight is 515 g/mol. The Balaban J connectivity index is 1.95. The Hall–Kier alpha value is -3.64. The van der Waals surface area contributed by atoms with E-state index < -0.39 is 17.8 Å². The number of carbonyl (C=O) groups is 3. The van der Waals surface area contributed by atoms with E-state index in [-0.39, 0.29) is 41.9 Å². The van der Waals surface area contributed by atoms with Crippen LogP contribution in [0.2, 0.25) is 0 Å². The third kappa shape index (κ3) is 5.18. The fourth-order valence-electron chi connectivity index (χ4n) is 5.92. The van der Waals surface area contributed by atoms with Gasteiger partial charge in [0.25, 0.3) is 0 Å². The molecule has 5 nitrogen and oxygen atoms in total. The van der Waals surface area contributed by atoms with Crippen molar-refractivity contribution in [3.8, 4) is 0 Å². The van der Waals surface area contributed by atoms with E-state index in [0.717, 1.165) is 0 Å². The lowest BCUT2D eigenvalue weighted by Gasteiger charge is -2.51. The molecule has 1 amide bonds. The third-order valence-corrected chi connectivity index (χ3v) is 8.07. The maximum absolute atomic E-state index is 14.9. The number of halogens is 1. The summed E-state index contributed by atoms with van der Waals surface area (Å²) in [6.45, 7) is 5.66. The summed E-state index contributed by atoms with van der Waals surface area (Å²) in [5, 5.41) is 0. The van der Waals surface area contributed by atoms with Gasteiger partial charge in [0.15, 0.2) is 11.6 Å². The monoisotopic (exact) mass is 514 g/mol. The molecule has 1 aliphatic rings. The molecular weight excluding hydrogens is 479 g/mol. The molecule has 0 N–H and O–H groups in total. The zero-order valence-electron chi connectivity index (χ0n) is 22.6. The summed E-state index contributed by atoms with van der Waals surface area (Å²) in [4.78, 5) is 44.9. The van der Waals surface area contributed by atoms with Crippen molar-refractivity contribution < 1.29 is 18.8 Å². The van der Waals surface area contributed by atoms with Gasteiger partial charge in [-0.3, -0.25) is 19.3 Å². The number of hydrogen-bond acceptors (Lipinski definition) is 4. The zero-order valence-corrected chi connectivity index (χ0v) is 22.6. The molecule has 0 saturated carbocycles. The predicted octanol–water partition coefficient (Wildman–Crippen LogP) is 5.40. The Morgan fingerprint density at radius 2 is 1.24 bits per heavy atom. The van der Waals surface area contributed by atoms with Gasteiger partial charge < -0.3 is 4.90 Å². The van der Waals surface area contributed by atoms with E-state index >= 15 is 0 Å².